The van der Waals surface area contributed by atoms with Crippen LogP contribution >= 0.6 is 0 Å². The maximum Gasteiger partial charge on any atom is 0.232 e. The molecule has 11 heteroatoms. The Bertz CT molecular complexity index is 604. The van der Waals surface area contributed by atoms with Crippen LogP contribution in [0.25, 0.3) is 0 Å². The monoisotopic (exact) mass is 392 g/mol. The minimum absolute atomic E-state index is 0.00301. The summed E-state index contributed by atoms with van der Waals surface area (Å²) in [6.45, 7) is 1.85. The molecule has 0 aromatic carbocycles. The summed E-state index contributed by atoms with van der Waals surface area (Å²) in [7, 11) is -1.42. The van der Waals surface area contributed by atoms with Gasteiger partial charge in [0.05, 0.1) is 43.4 Å². The van der Waals surface area contributed by atoms with Gasteiger partial charge in [0.15, 0.2) is 6.29 Å². The summed E-state index contributed by atoms with van der Waals surface area (Å²) in [6, 6.07) is -0.826. The van der Waals surface area contributed by atoms with Gasteiger partial charge in [-0.2, -0.15) is 0 Å². The Kier molecular flexibility index (Phi) is 5.78. The van der Waals surface area contributed by atoms with Crippen molar-refractivity contribution in [1.82, 2.24) is 9.62 Å². The Hall–Kier alpha value is -0.950. The van der Waals surface area contributed by atoms with E-state index < -0.39 is 41.1 Å². The lowest BCUT2D eigenvalue weighted by molar-refractivity contribution is -0.235. The molecule has 3 fully saturated rings. The summed E-state index contributed by atoms with van der Waals surface area (Å²) in [6.07, 6.45) is -1.80. The Morgan fingerprint density at radius 2 is 2.15 bits per heavy atom. The van der Waals surface area contributed by atoms with Crippen LogP contribution in [0.1, 0.15) is 13.3 Å². The van der Waals surface area contributed by atoms with Crippen LogP contribution in [0.5, 0.6) is 0 Å². The molecule has 3 N–H and O–H groups in total. The molecule has 0 aromatic rings. The number of ether oxygens (including phenoxy) is 3. The molecule has 2 unspecified atom stereocenters. The summed E-state index contributed by atoms with van der Waals surface area (Å²) in [4.78, 5) is 24.8. The zero-order valence-corrected chi connectivity index (χ0v) is 15.4. The van der Waals surface area contributed by atoms with E-state index in [0.29, 0.717) is 0 Å². The Morgan fingerprint density at radius 1 is 1.42 bits per heavy atom. The van der Waals surface area contributed by atoms with Gasteiger partial charge in [-0.1, -0.05) is 6.92 Å². The molecular formula is C15H24N2O8S. The third kappa shape index (κ3) is 3.57. The number of fused-ring (bicyclic) bond motifs is 2. The van der Waals surface area contributed by atoms with E-state index in [2.05, 4.69) is 4.72 Å². The lowest BCUT2D eigenvalue weighted by Gasteiger charge is -2.42. The fourth-order valence-corrected chi connectivity index (χ4v) is 4.12. The molecule has 3 saturated heterocycles. The van der Waals surface area contributed by atoms with Crippen molar-refractivity contribution in [3.05, 3.63) is 0 Å². The lowest BCUT2D eigenvalue weighted by atomic mass is 9.89. The molecule has 0 radical (unpaired) electrons. The van der Waals surface area contributed by atoms with E-state index in [4.69, 9.17) is 14.2 Å². The predicted octanol–water partition coefficient (Wildman–Crippen LogP) is -2.50. The van der Waals surface area contributed by atoms with E-state index >= 15 is 0 Å². The van der Waals surface area contributed by atoms with Gasteiger partial charge in [-0.3, -0.25) is 14.5 Å². The van der Waals surface area contributed by atoms with Crippen molar-refractivity contribution < 1.29 is 38.2 Å². The maximum atomic E-state index is 11.9. The van der Waals surface area contributed by atoms with Crippen LogP contribution < -0.4 is 4.72 Å². The van der Waals surface area contributed by atoms with Crippen LogP contribution in [0.3, 0.4) is 0 Å². The molecule has 148 valence electrons. The van der Waals surface area contributed by atoms with E-state index in [1.54, 1.807) is 6.92 Å². The fraction of sp³-hybridized carbons (Fsp3) is 0.867. The van der Waals surface area contributed by atoms with Crippen molar-refractivity contribution in [1.29, 1.82) is 0 Å². The lowest BCUT2D eigenvalue weighted by Crippen LogP contribution is -2.66. The topological polar surface area (TPSA) is 135 Å². The molecule has 0 saturated carbocycles. The standard InChI is InChI=1S/C15H24N2O8S/c1-8-5-9(18)17(13(8)21)3-4-23-6-15-7-24-14(25-15)10(16-26(2)22)11(19)12(15)20/h8,10-12,14,16,19-20H,3-7H2,1-2H3/t8?,10-,11+,12+,14-,15-,26?/m0/s1. The van der Waals surface area contributed by atoms with Gasteiger partial charge in [0, 0.05) is 18.6 Å². The highest BCUT2D eigenvalue weighted by Crippen LogP contribution is 2.37. The van der Waals surface area contributed by atoms with Crippen molar-refractivity contribution in [3.8, 4) is 0 Å². The number of nitrogens with one attached hydrogen (secondary N) is 1. The first-order chi connectivity index (χ1) is 12.2. The predicted molar refractivity (Wildman–Crippen MR) is 87.9 cm³/mol. The van der Waals surface area contributed by atoms with Crippen LogP contribution in [-0.2, 0) is 34.8 Å². The van der Waals surface area contributed by atoms with E-state index in [-0.39, 0.29) is 50.5 Å². The normalized spacial score (nSPS) is 41.1. The third-order valence-corrected chi connectivity index (χ3v) is 5.55. The second-order valence-electron chi connectivity index (χ2n) is 6.94. The number of hydrogen-bond donors (Lipinski definition) is 3. The molecule has 7 atom stereocenters. The van der Waals surface area contributed by atoms with E-state index in [1.807, 2.05) is 0 Å². The van der Waals surface area contributed by atoms with Gasteiger partial charge in [0.25, 0.3) is 0 Å². The number of imide groups is 1. The van der Waals surface area contributed by atoms with Gasteiger partial charge >= 0.3 is 0 Å². The maximum absolute atomic E-state index is 11.9. The van der Waals surface area contributed by atoms with E-state index in [9.17, 15) is 24.0 Å². The Labute approximate surface area is 153 Å². The molecule has 26 heavy (non-hydrogen) atoms. The van der Waals surface area contributed by atoms with Crippen LogP contribution in [0.2, 0.25) is 0 Å². The zero-order chi connectivity index (χ0) is 19.1. The number of aliphatic hydroxyl groups excluding tert-OH is 2. The molecule has 0 spiro atoms. The average Bonchev–Trinajstić information content (AvgIpc) is 3.09. The highest BCUT2D eigenvalue weighted by Gasteiger charge is 2.59. The van der Waals surface area contributed by atoms with Crippen LogP contribution in [-0.4, -0.2) is 93.9 Å². The molecule has 0 aliphatic carbocycles. The zero-order valence-electron chi connectivity index (χ0n) is 14.6. The molecule has 3 heterocycles. The van der Waals surface area contributed by atoms with Gasteiger partial charge in [-0.15, -0.1) is 0 Å². The van der Waals surface area contributed by atoms with Crippen molar-refractivity contribution >= 4 is 22.8 Å². The Morgan fingerprint density at radius 3 is 2.77 bits per heavy atom. The molecule has 0 aromatic heterocycles. The number of nitrogens with zero attached hydrogens (tertiary/aromatic N) is 1. The first-order valence-electron chi connectivity index (χ1n) is 8.42. The van der Waals surface area contributed by atoms with Crippen molar-refractivity contribution in [2.45, 2.75) is 43.5 Å². The number of aliphatic hydroxyl groups is 2. The fourth-order valence-electron chi connectivity index (χ4n) is 3.49. The highest BCUT2D eigenvalue weighted by molar-refractivity contribution is 7.82. The number of likely N-dealkylation sites (tertiary alicyclic amines) is 1. The molecule has 2 bridgehead atoms. The molecular weight excluding hydrogens is 368 g/mol. The smallest absolute Gasteiger partial charge is 0.232 e. The largest absolute Gasteiger partial charge is 0.388 e. The summed E-state index contributed by atoms with van der Waals surface area (Å²) in [5.74, 6) is -0.747. The summed E-state index contributed by atoms with van der Waals surface area (Å²) >= 11 is 0. The second-order valence-corrected chi connectivity index (χ2v) is 8.08. The number of carbonyl (C=O) groups excluding carboxylic acids is 2. The van der Waals surface area contributed by atoms with Gasteiger partial charge in [0.1, 0.15) is 17.8 Å². The first kappa shape index (κ1) is 19.8. The van der Waals surface area contributed by atoms with Gasteiger partial charge in [0.2, 0.25) is 11.8 Å². The van der Waals surface area contributed by atoms with Crippen molar-refractivity contribution in [2.24, 2.45) is 5.92 Å². The third-order valence-electron chi connectivity index (χ3n) is 4.94. The minimum Gasteiger partial charge on any atom is -0.388 e. The minimum atomic E-state index is -1.42. The van der Waals surface area contributed by atoms with Crippen molar-refractivity contribution in [3.63, 3.8) is 0 Å². The first-order valence-corrected chi connectivity index (χ1v) is 9.98. The number of amides is 2. The van der Waals surface area contributed by atoms with E-state index in [0.717, 1.165) is 0 Å². The Balaban J connectivity index is 1.53. The van der Waals surface area contributed by atoms with Gasteiger partial charge < -0.3 is 24.4 Å². The van der Waals surface area contributed by atoms with E-state index in [1.165, 1.54) is 11.2 Å². The summed E-state index contributed by atoms with van der Waals surface area (Å²) < 4.78 is 30.7. The molecule has 3 rings (SSSR count). The molecule has 3 aliphatic heterocycles. The summed E-state index contributed by atoms with van der Waals surface area (Å²) in [5.41, 5.74) is -1.25. The number of hydrogen-bond acceptors (Lipinski definition) is 8. The number of carbonyl (C=O) groups is 2. The summed E-state index contributed by atoms with van der Waals surface area (Å²) in [5, 5.41) is 20.7. The SMILES string of the molecule is CC1CC(=O)N(CCOC[C@@]23CO[C@@H](O2)[C@@H](NS(C)=O)[C@@H](O)[C@H]3O)C1=O. The van der Waals surface area contributed by atoms with Crippen LogP contribution in [0, 0.1) is 5.92 Å². The average molecular weight is 392 g/mol. The molecule has 3 aliphatic rings. The highest BCUT2D eigenvalue weighted by atomic mass is 32.2. The second kappa shape index (κ2) is 7.58. The molecule has 10 nitrogen and oxygen atoms in total. The van der Waals surface area contributed by atoms with Crippen LogP contribution in [0.4, 0.5) is 0 Å². The van der Waals surface area contributed by atoms with Gasteiger partial charge in [-0.05, 0) is 0 Å². The van der Waals surface area contributed by atoms with Crippen LogP contribution in [0.15, 0.2) is 0 Å². The quantitative estimate of drug-likeness (QED) is 0.320. The number of rotatable bonds is 7. The van der Waals surface area contributed by atoms with Crippen molar-refractivity contribution in [2.75, 3.05) is 32.6 Å². The molecule has 2 amide bonds. The van der Waals surface area contributed by atoms with Gasteiger partial charge in [-0.25, -0.2) is 8.93 Å².